The Morgan fingerprint density at radius 1 is 0.875 bits per heavy atom. The fourth-order valence-electron chi connectivity index (χ4n) is 1.31. The fourth-order valence-corrected chi connectivity index (χ4v) is 3.92. The molecule has 1 aliphatic heterocycles. The third kappa shape index (κ3) is 8.24. The summed E-state index contributed by atoms with van der Waals surface area (Å²) < 4.78 is 21.4. The van der Waals surface area contributed by atoms with Crippen LogP contribution in [0.5, 0.6) is 0 Å². The molecule has 0 saturated carbocycles. The van der Waals surface area contributed by atoms with E-state index in [1.807, 2.05) is 20.8 Å². The number of hydrogen-bond donors (Lipinski definition) is 0. The number of rotatable bonds is 8. The lowest BCUT2D eigenvalue weighted by Crippen LogP contribution is -2.45. The predicted octanol–water partition coefficient (Wildman–Crippen LogP) is 2.46. The highest BCUT2D eigenvalue weighted by Gasteiger charge is 2.38. The molecular weight excluding hydrogens is 224 g/mol. The molecule has 98 valence electrons. The van der Waals surface area contributed by atoms with Crippen LogP contribution in [0.1, 0.15) is 34.1 Å². The summed E-state index contributed by atoms with van der Waals surface area (Å²) in [5.74, 6) is 0. The number of hydrogen-bond acceptors (Lipinski definition) is 4. The molecule has 0 unspecified atom stereocenters. The van der Waals surface area contributed by atoms with Gasteiger partial charge in [0.2, 0.25) is 0 Å². The molecule has 0 aromatic heterocycles. The van der Waals surface area contributed by atoms with Gasteiger partial charge >= 0.3 is 8.80 Å². The summed E-state index contributed by atoms with van der Waals surface area (Å²) in [5, 5.41) is 0. The Morgan fingerprint density at radius 3 is 1.44 bits per heavy atom. The van der Waals surface area contributed by atoms with Gasteiger partial charge in [0, 0.05) is 25.9 Å². The Morgan fingerprint density at radius 2 is 1.25 bits per heavy atom. The second kappa shape index (κ2) is 10.2. The zero-order chi connectivity index (χ0) is 12.3. The van der Waals surface area contributed by atoms with Crippen LogP contribution in [-0.4, -0.2) is 41.8 Å². The van der Waals surface area contributed by atoms with Crippen molar-refractivity contribution < 1.29 is 18.0 Å². The van der Waals surface area contributed by atoms with Gasteiger partial charge in [0.1, 0.15) is 0 Å². The molecule has 1 aliphatic rings. The molecule has 0 bridgehead atoms. The third-order valence-electron chi connectivity index (χ3n) is 1.85. The Kier molecular flexibility index (Phi) is 10.3. The lowest BCUT2D eigenvalue weighted by atomic mass is 10.6. The maximum absolute atomic E-state index is 5.65. The van der Waals surface area contributed by atoms with Crippen molar-refractivity contribution in [2.24, 2.45) is 0 Å². The Labute approximate surface area is 101 Å². The summed E-state index contributed by atoms with van der Waals surface area (Å²) in [5.41, 5.74) is 0. The van der Waals surface area contributed by atoms with E-state index in [0.29, 0.717) is 19.8 Å². The van der Waals surface area contributed by atoms with E-state index in [1.165, 1.54) is 0 Å². The summed E-state index contributed by atoms with van der Waals surface area (Å²) in [6.07, 6.45) is 1.05. The zero-order valence-electron chi connectivity index (χ0n) is 11.1. The van der Waals surface area contributed by atoms with E-state index >= 15 is 0 Å². The molecule has 0 spiro atoms. The van der Waals surface area contributed by atoms with Crippen molar-refractivity contribution in [1.82, 2.24) is 0 Å². The minimum Gasteiger partial charge on any atom is -0.377 e. The topological polar surface area (TPSA) is 40.2 Å². The number of epoxide rings is 1. The predicted molar refractivity (Wildman–Crippen MR) is 66.5 cm³/mol. The van der Waals surface area contributed by atoms with Crippen LogP contribution in [-0.2, 0) is 18.0 Å². The fraction of sp³-hybridized carbons (Fsp3) is 1.00. The highest BCUT2D eigenvalue weighted by molar-refractivity contribution is 6.60. The zero-order valence-corrected chi connectivity index (χ0v) is 12.1. The minimum atomic E-state index is -2.30. The molecule has 1 rings (SSSR count). The lowest BCUT2D eigenvalue weighted by Gasteiger charge is -2.27. The van der Waals surface area contributed by atoms with Crippen molar-refractivity contribution in [3.05, 3.63) is 0 Å². The van der Waals surface area contributed by atoms with Crippen molar-refractivity contribution in [2.45, 2.75) is 40.2 Å². The number of ether oxygens (including phenoxy) is 1. The minimum absolute atomic E-state index is 0.673. The summed E-state index contributed by atoms with van der Waals surface area (Å²) in [7, 11) is -2.30. The summed E-state index contributed by atoms with van der Waals surface area (Å²) in [6.45, 7) is 12.1. The van der Waals surface area contributed by atoms with Gasteiger partial charge in [0.25, 0.3) is 0 Å². The van der Waals surface area contributed by atoms with Crippen molar-refractivity contribution in [3.63, 3.8) is 0 Å². The van der Waals surface area contributed by atoms with E-state index in [1.54, 1.807) is 0 Å². The van der Waals surface area contributed by atoms with Crippen molar-refractivity contribution in [1.29, 1.82) is 0 Å². The molecule has 5 heteroatoms. The van der Waals surface area contributed by atoms with E-state index < -0.39 is 8.80 Å². The second-order valence-electron chi connectivity index (χ2n) is 3.34. The Bertz CT molecular complexity index is 121. The smallest absolute Gasteiger partial charge is 0.377 e. The molecule has 0 aliphatic carbocycles. The standard InChI is InChI=1S/C9H22O3Si.C2H4O/c1-5-9-13(10-6-2,11-7-3)12-8-4;1-2-3-1/h5-9H2,1-4H3;1-2H2. The highest BCUT2D eigenvalue weighted by Crippen LogP contribution is 2.17. The van der Waals surface area contributed by atoms with Gasteiger partial charge < -0.3 is 18.0 Å². The molecule has 4 nitrogen and oxygen atoms in total. The SMILES string of the molecule is C1CO1.CCC[Si](OCC)(OCC)OCC. The largest absolute Gasteiger partial charge is 0.500 e. The van der Waals surface area contributed by atoms with Crippen LogP contribution in [0, 0.1) is 0 Å². The molecule has 0 N–H and O–H groups in total. The molecule has 0 aromatic rings. The van der Waals surface area contributed by atoms with Crippen molar-refractivity contribution in [2.75, 3.05) is 33.0 Å². The third-order valence-corrected chi connectivity index (χ3v) is 5.15. The van der Waals surface area contributed by atoms with E-state index in [0.717, 1.165) is 25.7 Å². The molecule has 0 atom stereocenters. The van der Waals surface area contributed by atoms with Gasteiger partial charge in [-0.2, -0.15) is 0 Å². The van der Waals surface area contributed by atoms with E-state index in [-0.39, 0.29) is 0 Å². The molecule has 1 heterocycles. The van der Waals surface area contributed by atoms with Gasteiger partial charge in [-0.3, -0.25) is 0 Å². The van der Waals surface area contributed by atoms with Crippen LogP contribution in [0.2, 0.25) is 6.04 Å². The average molecular weight is 250 g/mol. The van der Waals surface area contributed by atoms with Crippen molar-refractivity contribution in [3.8, 4) is 0 Å². The van der Waals surface area contributed by atoms with Gasteiger partial charge in [0.15, 0.2) is 0 Å². The first-order valence-corrected chi connectivity index (χ1v) is 8.17. The molecule has 1 saturated heterocycles. The molecule has 0 amide bonds. The van der Waals surface area contributed by atoms with Crippen LogP contribution >= 0.6 is 0 Å². The quantitative estimate of drug-likeness (QED) is 0.490. The summed E-state index contributed by atoms with van der Waals surface area (Å²) >= 11 is 0. The van der Waals surface area contributed by atoms with Gasteiger partial charge in [-0.1, -0.05) is 13.3 Å². The maximum atomic E-state index is 5.65. The lowest BCUT2D eigenvalue weighted by molar-refractivity contribution is 0.0712. The molecule has 1 fully saturated rings. The van der Waals surface area contributed by atoms with E-state index in [4.69, 9.17) is 13.3 Å². The Balaban J connectivity index is 0.000000635. The van der Waals surface area contributed by atoms with Gasteiger partial charge in [-0.15, -0.1) is 0 Å². The van der Waals surface area contributed by atoms with Crippen LogP contribution in [0.4, 0.5) is 0 Å². The first-order chi connectivity index (χ1) is 7.74. The Hall–Kier alpha value is 0.0569. The molecule has 0 aromatic carbocycles. The van der Waals surface area contributed by atoms with Crippen LogP contribution in [0.15, 0.2) is 0 Å². The first kappa shape index (κ1) is 16.1. The van der Waals surface area contributed by atoms with Gasteiger partial charge in [-0.25, -0.2) is 0 Å². The molecular formula is C11H26O4Si. The monoisotopic (exact) mass is 250 g/mol. The highest BCUT2D eigenvalue weighted by atomic mass is 28.4. The van der Waals surface area contributed by atoms with Crippen molar-refractivity contribution >= 4 is 8.80 Å². The first-order valence-electron chi connectivity index (χ1n) is 6.24. The summed E-state index contributed by atoms with van der Waals surface area (Å²) in [4.78, 5) is 0. The summed E-state index contributed by atoms with van der Waals surface area (Å²) in [6, 6.07) is 0.919. The molecule has 0 radical (unpaired) electrons. The van der Waals surface area contributed by atoms with Gasteiger partial charge in [0.05, 0.1) is 13.2 Å². The van der Waals surface area contributed by atoms with Crippen LogP contribution < -0.4 is 0 Å². The molecule has 16 heavy (non-hydrogen) atoms. The van der Waals surface area contributed by atoms with E-state index in [2.05, 4.69) is 11.7 Å². The van der Waals surface area contributed by atoms with E-state index in [9.17, 15) is 0 Å². The maximum Gasteiger partial charge on any atom is 0.500 e. The second-order valence-corrected chi connectivity index (χ2v) is 6.08. The van der Waals surface area contributed by atoms with Gasteiger partial charge in [-0.05, 0) is 20.8 Å². The average Bonchev–Trinajstić information content (AvgIpc) is 3.06. The van der Waals surface area contributed by atoms with Crippen LogP contribution in [0.3, 0.4) is 0 Å². The van der Waals surface area contributed by atoms with Crippen LogP contribution in [0.25, 0.3) is 0 Å². The normalized spacial score (nSPS) is 14.2.